The first-order valence-electron chi connectivity index (χ1n) is 10.3. The highest BCUT2D eigenvalue weighted by atomic mass is 16.5. The van der Waals surface area contributed by atoms with E-state index < -0.39 is 0 Å². The predicted molar refractivity (Wildman–Crippen MR) is 109 cm³/mol. The van der Waals surface area contributed by atoms with Gasteiger partial charge in [0, 0.05) is 30.4 Å². The van der Waals surface area contributed by atoms with Crippen molar-refractivity contribution in [3.63, 3.8) is 0 Å². The van der Waals surface area contributed by atoms with E-state index in [1.54, 1.807) is 7.11 Å². The van der Waals surface area contributed by atoms with Crippen molar-refractivity contribution < 1.29 is 9.53 Å². The topological polar surface area (TPSA) is 68.2 Å². The van der Waals surface area contributed by atoms with Crippen LogP contribution in [0.1, 0.15) is 50.9 Å². The van der Waals surface area contributed by atoms with Gasteiger partial charge in [0.15, 0.2) is 0 Å². The van der Waals surface area contributed by atoms with Gasteiger partial charge in [0.25, 0.3) is 0 Å². The molecule has 2 aliphatic rings. The summed E-state index contributed by atoms with van der Waals surface area (Å²) in [6.45, 7) is 5.36. The number of imidazole rings is 1. The third-order valence-electron chi connectivity index (χ3n) is 5.92. The number of hydrogen-bond donors (Lipinski definition) is 2. The Morgan fingerprint density at radius 1 is 1.39 bits per heavy atom. The molecule has 4 rings (SSSR count). The summed E-state index contributed by atoms with van der Waals surface area (Å²) in [6, 6.07) is 7.23. The van der Waals surface area contributed by atoms with E-state index in [9.17, 15) is 4.79 Å². The van der Waals surface area contributed by atoms with Gasteiger partial charge in [-0.1, -0.05) is 32.8 Å². The van der Waals surface area contributed by atoms with Crippen molar-refractivity contribution in [1.29, 1.82) is 0 Å². The number of carbonyl (C=O) groups excluding carboxylic acids is 1. The molecule has 150 valence electrons. The van der Waals surface area contributed by atoms with Gasteiger partial charge in [0.2, 0.25) is 5.91 Å². The smallest absolute Gasteiger partial charge is 0.241 e. The number of benzene rings is 1. The molecule has 0 bridgehead atoms. The number of ether oxygens (including phenoxy) is 1. The van der Waals surface area contributed by atoms with Gasteiger partial charge in [0.05, 0.1) is 30.7 Å². The van der Waals surface area contributed by atoms with E-state index in [2.05, 4.69) is 29.0 Å². The van der Waals surface area contributed by atoms with Gasteiger partial charge in [-0.2, -0.15) is 0 Å². The maximum atomic E-state index is 13.1. The van der Waals surface area contributed by atoms with Gasteiger partial charge in [-0.3, -0.25) is 10.1 Å². The Morgan fingerprint density at radius 2 is 2.18 bits per heavy atom. The average molecular weight is 383 g/mol. The summed E-state index contributed by atoms with van der Waals surface area (Å²) in [5.41, 5.74) is 2.98. The lowest BCUT2D eigenvalue weighted by Gasteiger charge is -2.38. The molecule has 28 heavy (non-hydrogen) atoms. The molecule has 1 unspecified atom stereocenters. The van der Waals surface area contributed by atoms with Crippen molar-refractivity contribution in [2.75, 3.05) is 12.4 Å². The first-order chi connectivity index (χ1) is 13.5. The molecule has 1 aromatic heterocycles. The summed E-state index contributed by atoms with van der Waals surface area (Å²) in [7, 11) is 1.63. The van der Waals surface area contributed by atoms with E-state index in [0.717, 1.165) is 36.5 Å². The summed E-state index contributed by atoms with van der Waals surface area (Å²) in [6.07, 6.45) is 7.07. The molecule has 1 fully saturated rings. The Kier molecular flexibility index (Phi) is 5.15. The van der Waals surface area contributed by atoms with E-state index in [4.69, 9.17) is 9.72 Å². The second kappa shape index (κ2) is 7.59. The summed E-state index contributed by atoms with van der Waals surface area (Å²) in [4.78, 5) is 17.9. The van der Waals surface area contributed by atoms with Crippen molar-refractivity contribution in [2.45, 2.75) is 64.1 Å². The molecule has 6 heteroatoms. The highest BCUT2D eigenvalue weighted by Gasteiger charge is 2.46. The number of anilines is 1. The van der Waals surface area contributed by atoms with Gasteiger partial charge in [-0.25, -0.2) is 4.98 Å². The van der Waals surface area contributed by atoms with E-state index in [1.165, 1.54) is 18.5 Å². The van der Waals surface area contributed by atoms with E-state index >= 15 is 0 Å². The maximum Gasteiger partial charge on any atom is 0.241 e. The molecular formula is C22H30N4O2. The van der Waals surface area contributed by atoms with Crippen LogP contribution in [0, 0.1) is 5.92 Å². The number of nitrogens with one attached hydrogen (secondary N) is 2. The van der Waals surface area contributed by atoms with Crippen molar-refractivity contribution in [3.8, 4) is 5.75 Å². The fourth-order valence-corrected chi connectivity index (χ4v) is 4.67. The number of carbonyl (C=O) groups is 1. The number of rotatable bonds is 5. The van der Waals surface area contributed by atoms with Gasteiger partial charge in [-0.05, 0) is 30.9 Å². The van der Waals surface area contributed by atoms with Gasteiger partial charge in [0.1, 0.15) is 5.75 Å². The standard InChI is InChI=1S/C22H30N4O2/c1-15(2)13-26-14-23-20-19(26)12-18(25-22(20)9-4-5-10-22)21(27)24-16-7-6-8-17(11-16)28-3/h6-8,11,14-15,18,25H,4-5,9-10,12-13H2,1-3H3,(H,24,27). The van der Waals surface area contributed by atoms with Crippen LogP contribution < -0.4 is 15.4 Å². The van der Waals surface area contributed by atoms with E-state index in [0.29, 0.717) is 12.3 Å². The van der Waals surface area contributed by atoms with Crippen LogP contribution in [0.3, 0.4) is 0 Å². The quantitative estimate of drug-likeness (QED) is 0.831. The Morgan fingerprint density at radius 3 is 2.89 bits per heavy atom. The van der Waals surface area contributed by atoms with Gasteiger partial charge >= 0.3 is 0 Å². The lowest BCUT2D eigenvalue weighted by Crippen LogP contribution is -2.56. The summed E-state index contributed by atoms with van der Waals surface area (Å²) in [5, 5.41) is 6.75. The number of fused-ring (bicyclic) bond motifs is 2. The monoisotopic (exact) mass is 382 g/mol. The van der Waals surface area contributed by atoms with Crippen LogP contribution in [0.4, 0.5) is 5.69 Å². The third-order valence-corrected chi connectivity index (χ3v) is 5.92. The first kappa shape index (κ1) is 19.0. The largest absolute Gasteiger partial charge is 0.497 e. The molecule has 2 heterocycles. The van der Waals surface area contributed by atoms with Gasteiger partial charge < -0.3 is 14.6 Å². The van der Waals surface area contributed by atoms with Crippen molar-refractivity contribution in [2.24, 2.45) is 5.92 Å². The van der Waals surface area contributed by atoms with Crippen LogP contribution in [-0.4, -0.2) is 28.6 Å². The van der Waals surface area contributed by atoms with Gasteiger partial charge in [-0.15, -0.1) is 0 Å². The minimum Gasteiger partial charge on any atom is -0.497 e. The zero-order valence-electron chi connectivity index (χ0n) is 17.0. The fourth-order valence-electron chi connectivity index (χ4n) is 4.67. The van der Waals surface area contributed by atoms with Crippen LogP contribution in [0.5, 0.6) is 5.75 Å². The molecule has 6 nitrogen and oxygen atoms in total. The zero-order valence-corrected chi connectivity index (χ0v) is 17.0. The molecule has 0 saturated heterocycles. The molecule has 1 saturated carbocycles. The highest BCUT2D eigenvalue weighted by Crippen LogP contribution is 2.42. The van der Waals surface area contributed by atoms with Crippen LogP contribution in [0.25, 0.3) is 0 Å². The summed E-state index contributed by atoms with van der Waals surface area (Å²) < 4.78 is 7.52. The van der Waals surface area contributed by atoms with Crippen molar-refractivity contribution >= 4 is 11.6 Å². The minimum atomic E-state index is -0.264. The van der Waals surface area contributed by atoms with E-state index in [1.807, 2.05) is 30.6 Å². The first-order valence-corrected chi connectivity index (χ1v) is 10.3. The Hall–Kier alpha value is -2.34. The molecule has 1 atom stereocenters. The highest BCUT2D eigenvalue weighted by molar-refractivity contribution is 5.95. The maximum absolute atomic E-state index is 13.1. The van der Waals surface area contributed by atoms with Crippen molar-refractivity contribution in [3.05, 3.63) is 42.0 Å². The predicted octanol–water partition coefficient (Wildman–Crippen LogP) is 3.47. The third kappa shape index (κ3) is 3.53. The number of nitrogens with zero attached hydrogens (tertiary/aromatic N) is 2. The molecule has 1 aromatic carbocycles. The van der Waals surface area contributed by atoms with Crippen LogP contribution in [-0.2, 0) is 23.3 Å². The lowest BCUT2D eigenvalue weighted by atomic mass is 9.84. The fraction of sp³-hybridized carbons (Fsp3) is 0.545. The molecule has 1 amide bonds. The Bertz CT molecular complexity index is 852. The van der Waals surface area contributed by atoms with E-state index in [-0.39, 0.29) is 17.5 Å². The normalized spacial score (nSPS) is 20.4. The second-order valence-corrected chi connectivity index (χ2v) is 8.50. The lowest BCUT2D eigenvalue weighted by molar-refractivity contribution is -0.119. The number of methoxy groups -OCH3 is 1. The number of hydrogen-bond acceptors (Lipinski definition) is 4. The van der Waals surface area contributed by atoms with Crippen LogP contribution >= 0.6 is 0 Å². The molecule has 1 aliphatic heterocycles. The SMILES string of the molecule is COc1cccc(NC(=O)C2Cc3c(ncn3CC(C)C)C3(CCCC3)N2)c1. The average Bonchev–Trinajstić information content (AvgIpc) is 3.30. The Balaban J connectivity index is 1.60. The minimum absolute atomic E-state index is 0.00229. The van der Waals surface area contributed by atoms with Crippen molar-refractivity contribution in [1.82, 2.24) is 14.9 Å². The van der Waals surface area contributed by atoms with Crippen LogP contribution in [0.15, 0.2) is 30.6 Å². The molecule has 1 spiro atoms. The zero-order chi connectivity index (χ0) is 19.7. The molecule has 0 radical (unpaired) electrons. The summed E-state index contributed by atoms with van der Waals surface area (Å²) >= 11 is 0. The second-order valence-electron chi connectivity index (χ2n) is 8.50. The number of amides is 1. The summed E-state index contributed by atoms with van der Waals surface area (Å²) in [5.74, 6) is 1.28. The van der Waals surface area contributed by atoms with Crippen LogP contribution in [0.2, 0.25) is 0 Å². The molecular weight excluding hydrogens is 352 g/mol. The molecule has 1 aliphatic carbocycles. The Labute approximate surface area is 166 Å². The number of aromatic nitrogens is 2. The molecule has 2 N–H and O–H groups in total. The molecule has 2 aromatic rings.